The van der Waals surface area contributed by atoms with Crippen LogP contribution in [0.5, 0.6) is 0 Å². The summed E-state index contributed by atoms with van der Waals surface area (Å²) in [6.07, 6.45) is 3.41. The summed E-state index contributed by atoms with van der Waals surface area (Å²) in [6, 6.07) is 12.7. The van der Waals surface area contributed by atoms with Gasteiger partial charge in [0.1, 0.15) is 0 Å². The number of rotatable bonds is 4. The number of benzene rings is 1. The van der Waals surface area contributed by atoms with Crippen molar-refractivity contribution < 1.29 is 4.79 Å². The smallest absolute Gasteiger partial charge is 0.184 e. The zero-order valence-electron chi connectivity index (χ0n) is 9.63. The Labute approximate surface area is 101 Å². The molecule has 1 aromatic heterocycles. The van der Waals surface area contributed by atoms with Crippen molar-refractivity contribution in [3.8, 4) is 0 Å². The molecule has 3 heteroatoms. The van der Waals surface area contributed by atoms with E-state index in [1.54, 1.807) is 12.4 Å². The number of nitrogens with one attached hydrogen (secondary N) is 1. The van der Waals surface area contributed by atoms with Gasteiger partial charge in [0.05, 0.1) is 11.7 Å². The predicted octanol–water partition coefficient (Wildman–Crippen LogP) is 2.76. The van der Waals surface area contributed by atoms with Crippen molar-refractivity contribution in [1.82, 2.24) is 4.98 Å². The molecule has 0 aliphatic heterocycles. The Morgan fingerprint density at radius 3 is 2.59 bits per heavy atom. The normalized spacial score (nSPS) is 11.8. The molecule has 2 aromatic rings. The second kappa shape index (κ2) is 5.25. The van der Waals surface area contributed by atoms with Crippen LogP contribution in [-0.2, 0) is 0 Å². The Hall–Kier alpha value is -2.16. The molecule has 0 saturated heterocycles. The van der Waals surface area contributed by atoms with Crippen molar-refractivity contribution in [3.05, 3.63) is 60.4 Å². The predicted molar refractivity (Wildman–Crippen MR) is 68.1 cm³/mol. The first-order valence-corrected chi connectivity index (χ1v) is 5.53. The van der Waals surface area contributed by atoms with E-state index in [0.717, 1.165) is 11.3 Å². The molecule has 86 valence electrons. The zero-order chi connectivity index (χ0) is 12.1. The maximum Gasteiger partial charge on any atom is 0.184 e. The highest BCUT2D eigenvalue weighted by atomic mass is 16.1. The lowest BCUT2D eigenvalue weighted by Crippen LogP contribution is -2.26. The Morgan fingerprint density at radius 1 is 1.18 bits per heavy atom. The molecule has 17 heavy (non-hydrogen) atoms. The van der Waals surface area contributed by atoms with Crippen LogP contribution in [0.25, 0.3) is 0 Å². The Morgan fingerprint density at radius 2 is 1.94 bits per heavy atom. The average molecular weight is 226 g/mol. The Balaban J connectivity index is 2.06. The highest BCUT2D eigenvalue weighted by Crippen LogP contribution is 2.09. The molecule has 0 radical (unpaired) electrons. The highest BCUT2D eigenvalue weighted by molar-refractivity contribution is 6.01. The zero-order valence-corrected chi connectivity index (χ0v) is 9.63. The first-order chi connectivity index (χ1) is 8.27. The third-order valence-electron chi connectivity index (χ3n) is 2.50. The van der Waals surface area contributed by atoms with Crippen LogP contribution < -0.4 is 5.32 Å². The van der Waals surface area contributed by atoms with Crippen LogP contribution in [0, 0.1) is 0 Å². The van der Waals surface area contributed by atoms with E-state index in [4.69, 9.17) is 0 Å². The molecular weight excluding hydrogens is 212 g/mol. The van der Waals surface area contributed by atoms with Crippen LogP contribution in [0.15, 0.2) is 54.9 Å². The fraction of sp³-hybridized carbons (Fsp3) is 0.143. The minimum absolute atomic E-state index is 0.0782. The van der Waals surface area contributed by atoms with Gasteiger partial charge in [0.2, 0.25) is 0 Å². The third kappa shape index (κ3) is 2.91. The molecular formula is C14H14N2O. The van der Waals surface area contributed by atoms with Crippen LogP contribution in [-0.4, -0.2) is 16.8 Å². The third-order valence-corrected chi connectivity index (χ3v) is 2.50. The molecule has 0 bridgehead atoms. The van der Waals surface area contributed by atoms with Crippen LogP contribution in [0.4, 0.5) is 5.69 Å². The van der Waals surface area contributed by atoms with Crippen molar-refractivity contribution in [2.45, 2.75) is 13.0 Å². The molecule has 1 unspecified atom stereocenters. The second-order valence-electron chi connectivity index (χ2n) is 3.84. The minimum atomic E-state index is -0.262. The summed E-state index contributed by atoms with van der Waals surface area (Å²) in [4.78, 5) is 16.1. The van der Waals surface area contributed by atoms with Crippen LogP contribution in [0.2, 0.25) is 0 Å². The van der Waals surface area contributed by atoms with Crippen molar-refractivity contribution in [2.75, 3.05) is 5.32 Å². The van der Waals surface area contributed by atoms with Gasteiger partial charge in [0.25, 0.3) is 0 Å². The van der Waals surface area contributed by atoms with Gasteiger partial charge in [-0.15, -0.1) is 0 Å². The molecule has 1 aromatic carbocycles. The number of aromatic nitrogens is 1. The van der Waals surface area contributed by atoms with Crippen molar-refractivity contribution in [1.29, 1.82) is 0 Å². The first-order valence-electron chi connectivity index (χ1n) is 5.53. The maximum absolute atomic E-state index is 12.1. The lowest BCUT2D eigenvalue weighted by Gasteiger charge is -2.13. The molecule has 0 amide bonds. The first kappa shape index (κ1) is 11.3. The summed E-state index contributed by atoms with van der Waals surface area (Å²) in [7, 11) is 0. The molecule has 0 spiro atoms. The molecule has 0 aliphatic carbocycles. The van der Waals surface area contributed by atoms with Crippen LogP contribution in [0.3, 0.4) is 0 Å². The van der Waals surface area contributed by atoms with E-state index in [-0.39, 0.29) is 11.8 Å². The number of nitrogens with zero attached hydrogens (tertiary/aromatic N) is 1. The van der Waals surface area contributed by atoms with E-state index < -0.39 is 0 Å². The van der Waals surface area contributed by atoms with Gasteiger partial charge in [-0.1, -0.05) is 30.3 Å². The lowest BCUT2D eigenvalue weighted by atomic mass is 10.1. The molecule has 0 saturated carbocycles. The van der Waals surface area contributed by atoms with Gasteiger partial charge in [-0.3, -0.25) is 9.78 Å². The summed E-state index contributed by atoms with van der Waals surface area (Å²) in [6.45, 7) is 1.85. The minimum Gasteiger partial charge on any atom is -0.374 e. The number of ketones is 1. The fourth-order valence-corrected chi connectivity index (χ4v) is 1.62. The monoisotopic (exact) mass is 226 g/mol. The highest BCUT2D eigenvalue weighted by Gasteiger charge is 2.14. The summed E-state index contributed by atoms with van der Waals surface area (Å²) in [5.74, 6) is 0.0782. The standard InChI is InChI=1S/C14H14N2O/c1-11(16-13-8-5-9-15-10-13)14(17)12-6-3-2-4-7-12/h2-11,16H,1H3. The quantitative estimate of drug-likeness (QED) is 0.815. The van der Waals surface area contributed by atoms with E-state index in [9.17, 15) is 4.79 Å². The average Bonchev–Trinajstić information content (AvgIpc) is 2.40. The Bertz CT molecular complexity index is 482. The summed E-state index contributed by atoms with van der Waals surface area (Å²) in [5, 5.41) is 3.13. The SMILES string of the molecule is CC(Nc1cccnc1)C(=O)c1ccccc1. The van der Waals surface area contributed by atoms with E-state index >= 15 is 0 Å². The summed E-state index contributed by atoms with van der Waals surface area (Å²) >= 11 is 0. The maximum atomic E-state index is 12.1. The van der Waals surface area contributed by atoms with Crippen LogP contribution in [0.1, 0.15) is 17.3 Å². The number of hydrogen-bond donors (Lipinski definition) is 1. The molecule has 1 heterocycles. The van der Waals surface area contributed by atoms with Crippen molar-refractivity contribution >= 4 is 11.5 Å². The topological polar surface area (TPSA) is 42.0 Å². The van der Waals surface area contributed by atoms with Crippen LogP contribution >= 0.6 is 0 Å². The van der Waals surface area contributed by atoms with Gasteiger partial charge in [-0.05, 0) is 19.1 Å². The van der Waals surface area contributed by atoms with Gasteiger partial charge >= 0.3 is 0 Å². The number of Topliss-reactive ketones (excluding diaryl/α,β-unsaturated/α-hetero) is 1. The number of carbonyl (C=O) groups is 1. The van der Waals surface area contributed by atoms with Gasteiger partial charge in [0, 0.05) is 18.0 Å². The van der Waals surface area contributed by atoms with Gasteiger partial charge in [-0.2, -0.15) is 0 Å². The molecule has 0 aliphatic rings. The van der Waals surface area contributed by atoms with E-state index in [1.807, 2.05) is 49.4 Å². The van der Waals surface area contributed by atoms with Crippen molar-refractivity contribution in [2.24, 2.45) is 0 Å². The van der Waals surface area contributed by atoms with E-state index in [2.05, 4.69) is 10.3 Å². The molecule has 2 rings (SSSR count). The summed E-state index contributed by atoms with van der Waals surface area (Å²) < 4.78 is 0. The van der Waals surface area contributed by atoms with Gasteiger partial charge in [-0.25, -0.2) is 0 Å². The van der Waals surface area contributed by atoms with Gasteiger partial charge in [0.15, 0.2) is 5.78 Å². The van der Waals surface area contributed by atoms with Crippen molar-refractivity contribution in [3.63, 3.8) is 0 Å². The molecule has 0 fully saturated rings. The molecule has 3 nitrogen and oxygen atoms in total. The number of hydrogen-bond acceptors (Lipinski definition) is 3. The molecule has 1 N–H and O–H groups in total. The lowest BCUT2D eigenvalue weighted by molar-refractivity contribution is 0.0975. The number of pyridine rings is 1. The fourth-order valence-electron chi connectivity index (χ4n) is 1.62. The van der Waals surface area contributed by atoms with E-state index in [0.29, 0.717) is 0 Å². The number of anilines is 1. The second-order valence-corrected chi connectivity index (χ2v) is 3.84. The summed E-state index contributed by atoms with van der Waals surface area (Å²) in [5.41, 5.74) is 1.57. The molecule has 1 atom stereocenters. The largest absolute Gasteiger partial charge is 0.374 e. The van der Waals surface area contributed by atoms with Gasteiger partial charge < -0.3 is 5.32 Å². The Kier molecular flexibility index (Phi) is 3.50. The number of carbonyl (C=O) groups excluding carboxylic acids is 1. The van der Waals surface area contributed by atoms with E-state index in [1.165, 1.54) is 0 Å².